The van der Waals surface area contributed by atoms with Gasteiger partial charge in [-0.3, -0.25) is 14.6 Å². The number of imidazole rings is 1. The highest BCUT2D eigenvalue weighted by Gasteiger charge is 2.22. The molecule has 2 N–H and O–H groups in total. The Balaban J connectivity index is 1.85. The van der Waals surface area contributed by atoms with Crippen LogP contribution in [0.4, 0.5) is 4.39 Å². The van der Waals surface area contributed by atoms with Crippen LogP contribution in [-0.4, -0.2) is 23.7 Å². The first-order valence-corrected chi connectivity index (χ1v) is 8.86. The van der Waals surface area contributed by atoms with Crippen LogP contribution in [0.2, 0.25) is 5.02 Å². The standard InChI is InChI=1S/C15H12ClFN4O3S/c1-9-14(21-7-3-2-4-13(21)18-9)15(22)19-20-25(23,24)12-6-5-10(16)8-11(12)17/h2-8,20H,1H3,(H,19,22). The molecular weight excluding hydrogens is 371 g/mol. The summed E-state index contributed by atoms with van der Waals surface area (Å²) in [6, 6.07) is 8.28. The summed E-state index contributed by atoms with van der Waals surface area (Å²) in [7, 11) is -4.31. The Morgan fingerprint density at radius 2 is 2.04 bits per heavy atom. The lowest BCUT2D eigenvalue weighted by atomic mass is 10.3. The Morgan fingerprint density at radius 1 is 1.28 bits per heavy atom. The summed E-state index contributed by atoms with van der Waals surface area (Å²) < 4.78 is 39.6. The lowest BCUT2D eigenvalue weighted by Crippen LogP contribution is -2.42. The number of halogens is 2. The summed E-state index contributed by atoms with van der Waals surface area (Å²) in [5.74, 6) is -1.76. The number of aryl methyl sites for hydroxylation is 1. The zero-order valence-electron chi connectivity index (χ0n) is 12.8. The van der Waals surface area contributed by atoms with Crippen LogP contribution in [0.3, 0.4) is 0 Å². The molecule has 0 unspecified atom stereocenters. The predicted octanol–water partition coefficient (Wildman–Crippen LogP) is 2.06. The van der Waals surface area contributed by atoms with Crippen LogP contribution in [0, 0.1) is 12.7 Å². The lowest BCUT2D eigenvalue weighted by molar-refractivity contribution is 0.0938. The molecule has 130 valence electrons. The van der Waals surface area contributed by atoms with Gasteiger partial charge in [-0.2, -0.15) is 0 Å². The largest absolute Gasteiger partial charge is 0.295 e. The van der Waals surface area contributed by atoms with Crippen LogP contribution < -0.4 is 10.3 Å². The van der Waals surface area contributed by atoms with Gasteiger partial charge in [-0.05, 0) is 37.3 Å². The van der Waals surface area contributed by atoms with Gasteiger partial charge in [-0.25, -0.2) is 17.8 Å². The normalized spacial score (nSPS) is 11.6. The van der Waals surface area contributed by atoms with E-state index >= 15 is 0 Å². The number of hydrogen-bond donors (Lipinski definition) is 2. The minimum absolute atomic E-state index is 0.0573. The number of amides is 1. The topological polar surface area (TPSA) is 92.6 Å². The number of carbonyl (C=O) groups excluding carboxylic acids is 1. The van der Waals surface area contributed by atoms with Crippen LogP contribution in [-0.2, 0) is 10.0 Å². The van der Waals surface area contributed by atoms with Crippen LogP contribution >= 0.6 is 11.6 Å². The van der Waals surface area contributed by atoms with E-state index in [1.54, 1.807) is 31.3 Å². The Morgan fingerprint density at radius 3 is 2.76 bits per heavy atom. The molecule has 0 aliphatic rings. The average Bonchev–Trinajstić information content (AvgIpc) is 2.88. The third-order valence-electron chi connectivity index (χ3n) is 3.40. The third-order valence-corrected chi connectivity index (χ3v) is 4.92. The number of sulfonamides is 1. The first kappa shape index (κ1) is 17.3. The quantitative estimate of drug-likeness (QED) is 0.675. The molecule has 0 fully saturated rings. The van der Waals surface area contributed by atoms with Gasteiger partial charge < -0.3 is 0 Å². The average molecular weight is 383 g/mol. The van der Waals surface area contributed by atoms with E-state index in [0.717, 1.165) is 12.1 Å². The summed E-state index contributed by atoms with van der Waals surface area (Å²) >= 11 is 5.60. The molecule has 0 aliphatic carbocycles. The van der Waals surface area contributed by atoms with Crippen molar-refractivity contribution in [2.45, 2.75) is 11.8 Å². The molecule has 7 nitrogen and oxygen atoms in total. The number of rotatable bonds is 4. The van der Waals surface area contributed by atoms with E-state index < -0.39 is 26.6 Å². The Hall–Kier alpha value is -2.49. The van der Waals surface area contributed by atoms with E-state index in [1.165, 1.54) is 10.5 Å². The second-order valence-electron chi connectivity index (χ2n) is 5.11. The van der Waals surface area contributed by atoms with Crippen molar-refractivity contribution in [1.82, 2.24) is 19.6 Å². The van der Waals surface area contributed by atoms with Crippen LogP contribution in [0.5, 0.6) is 0 Å². The fraction of sp³-hybridized carbons (Fsp3) is 0.0667. The zero-order chi connectivity index (χ0) is 18.2. The molecule has 0 saturated carbocycles. The summed E-state index contributed by atoms with van der Waals surface area (Å²) in [5.41, 5.74) is 3.18. The van der Waals surface area contributed by atoms with E-state index in [4.69, 9.17) is 11.6 Å². The number of pyridine rings is 1. The van der Waals surface area contributed by atoms with Gasteiger partial charge in [0, 0.05) is 11.2 Å². The van der Waals surface area contributed by atoms with E-state index in [1.807, 2.05) is 4.83 Å². The van der Waals surface area contributed by atoms with Gasteiger partial charge in [0.25, 0.3) is 15.9 Å². The van der Waals surface area contributed by atoms with Gasteiger partial charge in [-0.15, -0.1) is 4.83 Å². The summed E-state index contributed by atoms with van der Waals surface area (Å²) in [6.45, 7) is 1.62. The molecule has 0 bridgehead atoms. The highest BCUT2D eigenvalue weighted by Crippen LogP contribution is 2.18. The number of carbonyl (C=O) groups is 1. The van der Waals surface area contributed by atoms with Crippen molar-refractivity contribution >= 4 is 33.2 Å². The van der Waals surface area contributed by atoms with Crippen molar-refractivity contribution in [2.24, 2.45) is 0 Å². The van der Waals surface area contributed by atoms with E-state index in [2.05, 4.69) is 10.4 Å². The molecule has 3 aromatic rings. The molecule has 0 atom stereocenters. The number of hydrogen-bond acceptors (Lipinski definition) is 4. The number of hydrazine groups is 1. The summed E-state index contributed by atoms with van der Waals surface area (Å²) in [5, 5.41) is 0.0573. The van der Waals surface area contributed by atoms with Crippen molar-refractivity contribution in [2.75, 3.05) is 0 Å². The molecule has 3 rings (SSSR count). The molecule has 10 heteroatoms. The number of nitrogens with one attached hydrogen (secondary N) is 2. The number of benzene rings is 1. The Bertz CT molecular complexity index is 1080. The van der Waals surface area contributed by atoms with Crippen LogP contribution in [0.15, 0.2) is 47.5 Å². The highest BCUT2D eigenvalue weighted by molar-refractivity contribution is 7.89. The van der Waals surface area contributed by atoms with Crippen molar-refractivity contribution in [3.8, 4) is 0 Å². The molecule has 0 radical (unpaired) electrons. The molecule has 2 heterocycles. The number of fused-ring (bicyclic) bond motifs is 1. The van der Waals surface area contributed by atoms with E-state index in [0.29, 0.717) is 11.3 Å². The number of nitrogens with zero attached hydrogens (tertiary/aromatic N) is 2. The minimum Gasteiger partial charge on any atom is -0.295 e. The summed E-state index contributed by atoms with van der Waals surface area (Å²) in [6.07, 6.45) is 1.62. The Kier molecular flexibility index (Phi) is 4.46. The zero-order valence-corrected chi connectivity index (χ0v) is 14.4. The first-order chi connectivity index (χ1) is 11.8. The van der Waals surface area contributed by atoms with Crippen molar-refractivity contribution < 1.29 is 17.6 Å². The third kappa shape index (κ3) is 3.34. The fourth-order valence-electron chi connectivity index (χ4n) is 2.31. The van der Waals surface area contributed by atoms with Crippen LogP contribution in [0.1, 0.15) is 16.2 Å². The van der Waals surface area contributed by atoms with E-state index in [-0.39, 0.29) is 10.7 Å². The maximum absolute atomic E-state index is 13.8. The van der Waals surface area contributed by atoms with Gasteiger partial charge >= 0.3 is 0 Å². The maximum atomic E-state index is 13.8. The maximum Gasteiger partial charge on any atom is 0.285 e. The molecule has 0 spiro atoms. The monoisotopic (exact) mass is 382 g/mol. The van der Waals surface area contributed by atoms with Crippen molar-refractivity contribution in [1.29, 1.82) is 0 Å². The smallest absolute Gasteiger partial charge is 0.285 e. The highest BCUT2D eigenvalue weighted by atomic mass is 35.5. The van der Waals surface area contributed by atoms with Crippen molar-refractivity contribution in [3.05, 3.63) is 64.8 Å². The van der Waals surface area contributed by atoms with Gasteiger partial charge in [0.15, 0.2) is 0 Å². The minimum atomic E-state index is -4.31. The van der Waals surface area contributed by atoms with Crippen molar-refractivity contribution in [3.63, 3.8) is 0 Å². The van der Waals surface area contributed by atoms with Gasteiger partial charge in [0.2, 0.25) is 0 Å². The second kappa shape index (κ2) is 6.43. The SMILES string of the molecule is Cc1nc2ccccn2c1C(=O)NNS(=O)(=O)c1ccc(Cl)cc1F. The molecule has 1 aromatic carbocycles. The Labute approximate surface area is 147 Å². The molecule has 2 aromatic heterocycles. The van der Waals surface area contributed by atoms with Gasteiger partial charge in [0.05, 0.1) is 5.69 Å². The number of aromatic nitrogens is 2. The molecule has 1 amide bonds. The lowest BCUT2D eigenvalue weighted by Gasteiger charge is -2.09. The van der Waals surface area contributed by atoms with E-state index in [9.17, 15) is 17.6 Å². The first-order valence-electron chi connectivity index (χ1n) is 7.00. The molecule has 25 heavy (non-hydrogen) atoms. The van der Waals surface area contributed by atoms with Gasteiger partial charge in [-0.1, -0.05) is 17.7 Å². The molecule has 0 aliphatic heterocycles. The van der Waals surface area contributed by atoms with Gasteiger partial charge in [0.1, 0.15) is 22.1 Å². The van der Waals surface area contributed by atoms with Crippen LogP contribution in [0.25, 0.3) is 5.65 Å². The molecular formula is C15H12ClFN4O3S. The second-order valence-corrected chi connectivity index (χ2v) is 7.20. The summed E-state index contributed by atoms with van der Waals surface area (Å²) in [4.78, 5) is 17.8. The molecule has 0 saturated heterocycles. The predicted molar refractivity (Wildman–Crippen MR) is 89.1 cm³/mol. The fourth-order valence-corrected chi connectivity index (χ4v) is 3.37.